The molecule has 3 rings (SSSR count). The van der Waals surface area contributed by atoms with Crippen LogP contribution in [0.3, 0.4) is 0 Å². The van der Waals surface area contributed by atoms with Crippen molar-refractivity contribution in [2.45, 2.75) is 26.4 Å². The second kappa shape index (κ2) is 11.0. The van der Waals surface area contributed by atoms with Crippen LogP contribution in [0.2, 0.25) is 0 Å². The van der Waals surface area contributed by atoms with Gasteiger partial charge in [0.1, 0.15) is 0 Å². The zero-order valence-corrected chi connectivity index (χ0v) is 19.8. The second-order valence-electron chi connectivity index (χ2n) is 6.50. The molecule has 148 valence electrons. The van der Waals surface area contributed by atoms with Gasteiger partial charge >= 0.3 is 0 Å². The van der Waals surface area contributed by atoms with Crippen molar-refractivity contribution in [3.63, 3.8) is 0 Å². The van der Waals surface area contributed by atoms with Crippen molar-refractivity contribution in [3.8, 4) is 0 Å². The Hall–Kier alpha value is -1.13. The minimum Gasteiger partial charge on any atom is -0.357 e. The fourth-order valence-electron chi connectivity index (χ4n) is 3.23. The Balaban J connectivity index is 0.00000261. The Morgan fingerprint density at radius 3 is 2.52 bits per heavy atom. The molecule has 2 aromatic rings. The van der Waals surface area contributed by atoms with Crippen molar-refractivity contribution in [3.05, 3.63) is 52.3 Å². The molecule has 2 N–H and O–H groups in total. The minimum atomic E-state index is 0. The Morgan fingerprint density at radius 1 is 1.22 bits per heavy atom. The minimum absolute atomic E-state index is 0. The van der Waals surface area contributed by atoms with E-state index in [1.165, 1.54) is 5.56 Å². The van der Waals surface area contributed by atoms with E-state index in [0.29, 0.717) is 12.6 Å². The molecule has 0 aliphatic carbocycles. The lowest BCUT2D eigenvalue weighted by Crippen LogP contribution is -2.52. The molecule has 1 saturated heterocycles. The van der Waals surface area contributed by atoms with E-state index in [2.05, 4.69) is 79.4 Å². The second-order valence-corrected chi connectivity index (χ2v) is 7.42. The number of rotatable bonds is 5. The highest BCUT2D eigenvalue weighted by Crippen LogP contribution is 2.23. The molecule has 1 fully saturated rings. The van der Waals surface area contributed by atoms with Crippen LogP contribution in [0.5, 0.6) is 0 Å². The molecule has 1 unspecified atom stereocenters. The Morgan fingerprint density at radius 2 is 1.93 bits per heavy atom. The number of nitrogens with one attached hydrogen (secondary N) is 2. The van der Waals surface area contributed by atoms with Crippen molar-refractivity contribution < 1.29 is 0 Å². The van der Waals surface area contributed by atoms with Gasteiger partial charge in [-0.25, -0.2) is 4.99 Å². The quantitative estimate of drug-likeness (QED) is 0.341. The molecule has 1 aromatic carbocycles. The summed E-state index contributed by atoms with van der Waals surface area (Å²) in [4.78, 5) is 9.65. The van der Waals surface area contributed by atoms with E-state index in [-0.39, 0.29) is 24.0 Å². The average Bonchev–Trinajstić information content (AvgIpc) is 3.19. The third kappa shape index (κ3) is 6.18. The number of piperazine rings is 1. The number of nitrogens with zero attached hydrogens (tertiary/aromatic N) is 4. The number of hydrogen-bond acceptors (Lipinski definition) is 3. The topological polar surface area (TPSA) is 59.6 Å². The molecular formula is C19H28BrIN6. The van der Waals surface area contributed by atoms with Crippen LogP contribution in [0.4, 0.5) is 0 Å². The molecule has 8 heteroatoms. The van der Waals surface area contributed by atoms with Gasteiger partial charge in [-0.05, 0) is 37.6 Å². The van der Waals surface area contributed by atoms with Gasteiger partial charge in [-0.15, -0.1) is 24.0 Å². The highest BCUT2D eigenvalue weighted by molar-refractivity contribution is 14.0. The summed E-state index contributed by atoms with van der Waals surface area (Å²) >= 11 is 3.51. The van der Waals surface area contributed by atoms with Crippen LogP contribution < -0.4 is 5.32 Å². The summed E-state index contributed by atoms with van der Waals surface area (Å²) < 4.78 is 1.13. The van der Waals surface area contributed by atoms with Gasteiger partial charge in [-0.2, -0.15) is 5.10 Å². The van der Waals surface area contributed by atoms with E-state index in [1.807, 2.05) is 6.07 Å². The lowest BCUT2D eigenvalue weighted by molar-refractivity contribution is 0.138. The van der Waals surface area contributed by atoms with Crippen LogP contribution >= 0.6 is 39.9 Å². The third-order valence-corrected chi connectivity index (χ3v) is 5.34. The van der Waals surface area contributed by atoms with Crippen LogP contribution in [0, 0.1) is 0 Å². The summed E-state index contributed by atoms with van der Waals surface area (Å²) in [6, 6.07) is 11.0. The van der Waals surface area contributed by atoms with Crippen molar-refractivity contribution >= 4 is 45.9 Å². The first kappa shape index (κ1) is 22.2. The predicted octanol–water partition coefficient (Wildman–Crippen LogP) is 3.63. The summed E-state index contributed by atoms with van der Waals surface area (Å²) in [6.07, 6.45) is 1.76. The Bertz CT molecular complexity index is 695. The van der Waals surface area contributed by atoms with Crippen LogP contribution in [-0.4, -0.2) is 58.7 Å². The molecule has 0 saturated carbocycles. The van der Waals surface area contributed by atoms with E-state index >= 15 is 0 Å². The lowest BCUT2D eigenvalue weighted by Gasteiger charge is -2.39. The van der Waals surface area contributed by atoms with E-state index in [4.69, 9.17) is 4.99 Å². The number of guanidine groups is 1. The highest BCUT2D eigenvalue weighted by atomic mass is 127. The average molecular weight is 547 g/mol. The van der Waals surface area contributed by atoms with Crippen LogP contribution in [-0.2, 0) is 6.54 Å². The molecule has 0 bridgehead atoms. The summed E-state index contributed by atoms with van der Waals surface area (Å²) in [6.45, 7) is 9.92. The molecular weight excluding hydrogens is 519 g/mol. The fraction of sp³-hybridized carbons (Fsp3) is 0.474. The summed E-state index contributed by atoms with van der Waals surface area (Å²) in [7, 11) is 0. The number of H-pyrrole nitrogens is 1. The molecule has 0 amide bonds. The maximum Gasteiger partial charge on any atom is 0.194 e. The van der Waals surface area contributed by atoms with Gasteiger partial charge in [0, 0.05) is 49.4 Å². The van der Waals surface area contributed by atoms with E-state index in [1.54, 1.807) is 6.20 Å². The van der Waals surface area contributed by atoms with Gasteiger partial charge in [0.05, 0.1) is 12.2 Å². The Labute approximate surface area is 187 Å². The third-order valence-electron chi connectivity index (χ3n) is 4.81. The monoisotopic (exact) mass is 546 g/mol. The van der Waals surface area contributed by atoms with Crippen LogP contribution in [0.25, 0.3) is 0 Å². The van der Waals surface area contributed by atoms with Crippen molar-refractivity contribution in [2.24, 2.45) is 4.99 Å². The number of halogens is 2. The van der Waals surface area contributed by atoms with Crippen molar-refractivity contribution in [1.29, 1.82) is 0 Å². The molecule has 0 radical (unpaired) electrons. The molecule has 1 aromatic heterocycles. The summed E-state index contributed by atoms with van der Waals surface area (Å²) in [5.74, 6) is 0.984. The molecule has 27 heavy (non-hydrogen) atoms. The SMILES string of the molecule is CCNC(=NCc1ccn[nH]1)N1CCN(C(C)c2ccc(Br)cc2)CC1.I. The van der Waals surface area contributed by atoms with Gasteiger partial charge in [-0.1, -0.05) is 28.1 Å². The van der Waals surface area contributed by atoms with Crippen molar-refractivity contribution in [1.82, 2.24) is 25.3 Å². The lowest BCUT2D eigenvalue weighted by atomic mass is 10.1. The zero-order valence-electron chi connectivity index (χ0n) is 15.9. The number of benzene rings is 1. The van der Waals surface area contributed by atoms with Crippen molar-refractivity contribution in [2.75, 3.05) is 32.7 Å². The van der Waals surface area contributed by atoms with Gasteiger partial charge in [-0.3, -0.25) is 10.00 Å². The largest absolute Gasteiger partial charge is 0.357 e. The standard InChI is InChI=1S/C19H27BrN6.HI/c1-3-21-19(22-14-18-8-9-23-24-18)26-12-10-25(11-13-26)15(2)16-4-6-17(20)7-5-16;/h4-9,15H,3,10-14H2,1-2H3,(H,21,22)(H,23,24);1H. The highest BCUT2D eigenvalue weighted by Gasteiger charge is 2.23. The molecule has 6 nitrogen and oxygen atoms in total. The molecule has 0 spiro atoms. The number of aliphatic imine (C=N–C) groups is 1. The first-order valence-electron chi connectivity index (χ1n) is 9.18. The number of aromatic amines is 1. The first-order valence-corrected chi connectivity index (χ1v) is 9.97. The zero-order chi connectivity index (χ0) is 18.4. The molecule has 1 atom stereocenters. The predicted molar refractivity (Wildman–Crippen MR) is 125 cm³/mol. The number of aromatic nitrogens is 2. The van der Waals surface area contributed by atoms with E-state index in [0.717, 1.165) is 48.8 Å². The van der Waals surface area contributed by atoms with E-state index < -0.39 is 0 Å². The van der Waals surface area contributed by atoms with Gasteiger partial charge in [0.2, 0.25) is 0 Å². The van der Waals surface area contributed by atoms with Crippen LogP contribution in [0.15, 0.2) is 46.0 Å². The van der Waals surface area contributed by atoms with E-state index in [9.17, 15) is 0 Å². The summed E-state index contributed by atoms with van der Waals surface area (Å²) in [5.41, 5.74) is 2.39. The maximum atomic E-state index is 4.75. The molecule has 1 aliphatic rings. The maximum absolute atomic E-state index is 4.75. The first-order chi connectivity index (χ1) is 12.7. The van der Waals surface area contributed by atoms with Gasteiger partial charge in [0.25, 0.3) is 0 Å². The molecule has 1 aliphatic heterocycles. The van der Waals surface area contributed by atoms with Gasteiger partial charge in [0.15, 0.2) is 5.96 Å². The molecule has 2 heterocycles. The summed E-state index contributed by atoms with van der Waals surface area (Å²) in [5, 5.41) is 10.4. The number of hydrogen-bond donors (Lipinski definition) is 2. The smallest absolute Gasteiger partial charge is 0.194 e. The normalized spacial score (nSPS) is 16.7. The van der Waals surface area contributed by atoms with Crippen LogP contribution in [0.1, 0.15) is 31.1 Å². The fourth-order valence-corrected chi connectivity index (χ4v) is 3.50. The Kier molecular flexibility index (Phi) is 9.04. The van der Waals surface area contributed by atoms with Gasteiger partial charge < -0.3 is 10.2 Å².